The van der Waals surface area contributed by atoms with Crippen LogP contribution in [-0.2, 0) is 4.79 Å². The molecule has 0 heterocycles. The summed E-state index contributed by atoms with van der Waals surface area (Å²) in [6.07, 6.45) is 10.7. The summed E-state index contributed by atoms with van der Waals surface area (Å²) in [5.74, 6) is -0.175. The first-order valence-corrected chi connectivity index (χ1v) is 5.30. The molecule has 0 bridgehead atoms. The van der Waals surface area contributed by atoms with Crippen LogP contribution in [0.5, 0.6) is 0 Å². The van der Waals surface area contributed by atoms with E-state index in [4.69, 9.17) is 0 Å². The maximum absolute atomic E-state index is 11.2. The molecule has 14 heavy (non-hydrogen) atoms. The molecule has 0 spiro atoms. The number of ketones is 1. The summed E-state index contributed by atoms with van der Waals surface area (Å²) in [6, 6.07) is 0. The monoisotopic (exact) mass is 194 g/mol. The van der Waals surface area contributed by atoms with Crippen molar-refractivity contribution in [1.82, 2.24) is 0 Å². The molecule has 0 saturated carbocycles. The molecule has 0 saturated heterocycles. The smallest absolute Gasteiger partial charge is 0.161 e. The van der Waals surface area contributed by atoms with Crippen molar-refractivity contribution in [3.05, 3.63) is 24.3 Å². The predicted molar refractivity (Wildman–Crippen MR) is 56.9 cm³/mol. The van der Waals surface area contributed by atoms with Gasteiger partial charge in [0.25, 0.3) is 0 Å². The Morgan fingerprint density at radius 2 is 2.29 bits per heavy atom. The zero-order chi connectivity index (χ0) is 10.4. The molecule has 78 valence electrons. The normalized spacial score (nSPS) is 26.6. The Morgan fingerprint density at radius 1 is 1.50 bits per heavy atom. The lowest BCUT2D eigenvalue weighted by Crippen LogP contribution is -2.18. The molecular weight excluding hydrogens is 176 g/mol. The number of hydrogen-bond donors (Lipinski definition) is 1. The van der Waals surface area contributed by atoms with Gasteiger partial charge >= 0.3 is 0 Å². The van der Waals surface area contributed by atoms with Gasteiger partial charge in [0.2, 0.25) is 0 Å². The number of carbonyl (C=O) groups is 1. The summed E-state index contributed by atoms with van der Waals surface area (Å²) < 4.78 is 0. The van der Waals surface area contributed by atoms with Crippen LogP contribution in [-0.4, -0.2) is 17.0 Å². The molecule has 2 unspecified atom stereocenters. The molecule has 2 heteroatoms. The maximum Gasteiger partial charge on any atom is 0.161 e. The number of aliphatic hydroxyl groups is 1. The van der Waals surface area contributed by atoms with E-state index in [9.17, 15) is 9.90 Å². The van der Waals surface area contributed by atoms with Gasteiger partial charge in [-0.05, 0) is 18.9 Å². The van der Waals surface area contributed by atoms with E-state index >= 15 is 0 Å². The summed E-state index contributed by atoms with van der Waals surface area (Å²) in [5.41, 5.74) is 0. The van der Waals surface area contributed by atoms with Crippen molar-refractivity contribution in [3.8, 4) is 0 Å². The van der Waals surface area contributed by atoms with Crippen LogP contribution in [0.3, 0.4) is 0 Å². The van der Waals surface area contributed by atoms with Crippen molar-refractivity contribution >= 4 is 5.78 Å². The standard InChI is InChI=1S/C12H18O2/c1-2-3-4-5-6-7-10-11(13)8-9-12(10)14/h5-6,8-11,13H,2-4,7H2,1H3/b6-5-. The van der Waals surface area contributed by atoms with Gasteiger partial charge in [-0.1, -0.05) is 38.0 Å². The van der Waals surface area contributed by atoms with Crippen LogP contribution in [0.4, 0.5) is 0 Å². The lowest BCUT2D eigenvalue weighted by molar-refractivity contribution is -0.119. The minimum atomic E-state index is -0.571. The highest BCUT2D eigenvalue weighted by atomic mass is 16.3. The Labute approximate surface area is 85.3 Å². The second-order valence-electron chi connectivity index (χ2n) is 3.71. The van der Waals surface area contributed by atoms with E-state index in [-0.39, 0.29) is 11.7 Å². The first kappa shape index (κ1) is 11.2. The lowest BCUT2D eigenvalue weighted by Gasteiger charge is -2.09. The fraction of sp³-hybridized carbons (Fsp3) is 0.583. The molecule has 1 N–H and O–H groups in total. The molecule has 0 aliphatic heterocycles. The topological polar surface area (TPSA) is 37.3 Å². The largest absolute Gasteiger partial charge is 0.388 e. The highest BCUT2D eigenvalue weighted by Crippen LogP contribution is 2.19. The molecule has 0 fully saturated rings. The summed E-state index contributed by atoms with van der Waals surface area (Å²) >= 11 is 0. The van der Waals surface area contributed by atoms with E-state index in [1.807, 2.05) is 6.08 Å². The van der Waals surface area contributed by atoms with Gasteiger partial charge in [-0.3, -0.25) is 4.79 Å². The minimum Gasteiger partial charge on any atom is -0.388 e. The number of allylic oxidation sites excluding steroid dienone is 3. The molecule has 2 atom stereocenters. The number of carbonyl (C=O) groups excluding carboxylic acids is 1. The maximum atomic E-state index is 11.2. The summed E-state index contributed by atoms with van der Waals surface area (Å²) in [6.45, 7) is 2.15. The molecule has 1 aliphatic carbocycles. The van der Waals surface area contributed by atoms with Gasteiger partial charge in [-0.2, -0.15) is 0 Å². The highest BCUT2D eigenvalue weighted by molar-refractivity contribution is 5.95. The third-order valence-electron chi connectivity index (χ3n) is 2.52. The molecule has 0 aromatic rings. The van der Waals surface area contributed by atoms with Crippen LogP contribution in [0.15, 0.2) is 24.3 Å². The number of hydrogen-bond acceptors (Lipinski definition) is 2. The Kier molecular flexibility index (Phi) is 4.60. The van der Waals surface area contributed by atoms with E-state index in [1.165, 1.54) is 18.9 Å². The molecule has 2 nitrogen and oxygen atoms in total. The third kappa shape index (κ3) is 3.11. The Hall–Kier alpha value is -0.890. The SMILES string of the molecule is CCCC/C=C\CC1C(=O)C=CC1O. The first-order valence-electron chi connectivity index (χ1n) is 5.30. The number of aliphatic hydroxyl groups excluding tert-OH is 1. The van der Waals surface area contributed by atoms with Gasteiger partial charge in [0.05, 0.1) is 12.0 Å². The predicted octanol–water partition coefficient (Wildman–Crippen LogP) is 2.24. The van der Waals surface area contributed by atoms with E-state index in [1.54, 1.807) is 6.08 Å². The second-order valence-corrected chi connectivity index (χ2v) is 3.71. The summed E-state index contributed by atoms with van der Waals surface area (Å²) in [5, 5.41) is 9.42. The average molecular weight is 194 g/mol. The van der Waals surface area contributed by atoms with E-state index in [0.717, 1.165) is 6.42 Å². The zero-order valence-corrected chi connectivity index (χ0v) is 8.65. The minimum absolute atomic E-state index is 0.0534. The molecule has 1 aliphatic rings. The van der Waals surface area contributed by atoms with Gasteiger partial charge in [0.1, 0.15) is 0 Å². The van der Waals surface area contributed by atoms with Gasteiger partial charge in [0, 0.05) is 0 Å². The van der Waals surface area contributed by atoms with Gasteiger partial charge in [-0.15, -0.1) is 0 Å². The quantitative estimate of drug-likeness (QED) is 0.538. The fourth-order valence-corrected chi connectivity index (χ4v) is 1.56. The zero-order valence-electron chi connectivity index (χ0n) is 8.65. The summed E-state index contributed by atoms with van der Waals surface area (Å²) in [7, 11) is 0. The van der Waals surface area contributed by atoms with Gasteiger partial charge in [0.15, 0.2) is 5.78 Å². The fourth-order valence-electron chi connectivity index (χ4n) is 1.56. The van der Waals surface area contributed by atoms with E-state index in [2.05, 4.69) is 13.0 Å². The van der Waals surface area contributed by atoms with Crippen molar-refractivity contribution in [2.75, 3.05) is 0 Å². The second kappa shape index (κ2) is 5.76. The van der Waals surface area contributed by atoms with Crippen molar-refractivity contribution in [2.45, 2.75) is 38.7 Å². The van der Waals surface area contributed by atoms with Crippen LogP contribution >= 0.6 is 0 Å². The van der Waals surface area contributed by atoms with Crippen LogP contribution < -0.4 is 0 Å². The number of rotatable bonds is 5. The van der Waals surface area contributed by atoms with Crippen LogP contribution in [0, 0.1) is 5.92 Å². The Morgan fingerprint density at radius 3 is 2.86 bits per heavy atom. The van der Waals surface area contributed by atoms with Gasteiger partial charge < -0.3 is 5.11 Å². The van der Waals surface area contributed by atoms with Crippen LogP contribution in [0.2, 0.25) is 0 Å². The van der Waals surface area contributed by atoms with Crippen LogP contribution in [0.1, 0.15) is 32.6 Å². The molecule has 0 aromatic heterocycles. The van der Waals surface area contributed by atoms with E-state index in [0.29, 0.717) is 6.42 Å². The molecule has 0 aromatic carbocycles. The van der Waals surface area contributed by atoms with Crippen LogP contribution in [0.25, 0.3) is 0 Å². The van der Waals surface area contributed by atoms with Crippen molar-refractivity contribution < 1.29 is 9.90 Å². The van der Waals surface area contributed by atoms with Gasteiger partial charge in [-0.25, -0.2) is 0 Å². The number of unbranched alkanes of at least 4 members (excludes halogenated alkanes) is 2. The third-order valence-corrected chi connectivity index (χ3v) is 2.52. The van der Waals surface area contributed by atoms with Crippen molar-refractivity contribution in [3.63, 3.8) is 0 Å². The average Bonchev–Trinajstić information content (AvgIpc) is 2.48. The first-order chi connectivity index (χ1) is 6.75. The molecule has 0 radical (unpaired) electrons. The summed E-state index contributed by atoms with van der Waals surface area (Å²) in [4.78, 5) is 11.2. The molecule has 0 amide bonds. The molecule has 1 rings (SSSR count). The highest BCUT2D eigenvalue weighted by Gasteiger charge is 2.26. The molecular formula is C12H18O2. The Bertz CT molecular complexity index is 241. The Balaban J connectivity index is 2.24. The lowest BCUT2D eigenvalue weighted by atomic mass is 9.99. The van der Waals surface area contributed by atoms with Crippen molar-refractivity contribution in [2.24, 2.45) is 5.92 Å². The van der Waals surface area contributed by atoms with Crippen molar-refractivity contribution in [1.29, 1.82) is 0 Å². The van der Waals surface area contributed by atoms with E-state index < -0.39 is 6.10 Å².